The van der Waals surface area contributed by atoms with Crippen LogP contribution < -0.4 is 5.32 Å². The summed E-state index contributed by atoms with van der Waals surface area (Å²) in [6, 6.07) is 0.471. The van der Waals surface area contributed by atoms with Gasteiger partial charge in [-0.3, -0.25) is 4.98 Å². The maximum Gasteiger partial charge on any atom is 0.149 e. The maximum atomic E-state index is 5.85. The van der Waals surface area contributed by atoms with Crippen molar-refractivity contribution in [2.45, 2.75) is 25.3 Å². The number of nitrogens with one attached hydrogen (secondary N) is 1. The highest BCUT2D eigenvalue weighted by atomic mass is 35.5. The van der Waals surface area contributed by atoms with Gasteiger partial charge in [-0.25, -0.2) is 4.98 Å². The normalized spacial score (nSPS) is 24.9. The molecule has 2 saturated heterocycles. The molecule has 0 amide bonds. The first-order chi connectivity index (χ1) is 9.79. The largest absolute Gasteiger partial charge is 0.381 e. The summed E-state index contributed by atoms with van der Waals surface area (Å²) < 4.78 is 5.44. The third-order valence-electron chi connectivity index (χ3n) is 4.09. The molecular formula is C14H21ClN4O. The summed E-state index contributed by atoms with van der Waals surface area (Å²) in [6.07, 6.45) is 6.78. The summed E-state index contributed by atoms with van der Waals surface area (Å²) in [5.74, 6) is 1.51. The molecule has 2 fully saturated rings. The van der Waals surface area contributed by atoms with Crippen molar-refractivity contribution in [2.24, 2.45) is 5.92 Å². The van der Waals surface area contributed by atoms with Gasteiger partial charge in [0.1, 0.15) is 11.0 Å². The SMILES string of the molecule is Clc1cncc(NC2CCN(CC3CCOC3)CC2)n1. The fourth-order valence-corrected chi connectivity index (χ4v) is 3.12. The second-order valence-corrected chi connectivity index (χ2v) is 6.06. The number of halogens is 1. The molecule has 2 aliphatic heterocycles. The lowest BCUT2D eigenvalue weighted by molar-refractivity contribution is 0.154. The molecule has 20 heavy (non-hydrogen) atoms. The first-order valence-electron chi connectivity index (χ1n) is 7.34. The third kappa shape index (κ3) is 3.81. The molecule has 1 aromatic rings. The van der Waals surface area contributed by atoms with Crippen molar-refractivity contribution in [3.05, 3.63) is 17.5 Å². The van der Waals surface area contributed by atoms with E-state index >= 15 is 0 Å². The van der Waals surface area contributed by atoms with Crippen molar-refractivity contribution < 1.29 is 4.74 Å². The molecule has 0 radical (unpaired) electrons. The van der Waals surface area contributed by atoms with Crippen LogP contribution in [0.4, 0.5) is 5.82 Å². The molecule has 2 aliphatic rings. The Labute approximate surface area is 124 Å². The Bertz CT molecular complexity index is 431. The molecule has 0 saturated carbocycles. The maximum absolute atomic E-state index is 5.85. The summed E-state index contributed by atoms with van der Waals surface area (Å²) in [6.45, 7) is 5.35. The van der Waals surface area contributed by atoms with Crippen molar-refractivity contribution in [1.82, 2.24) is 14.9 Å². The standard InChI is InChI=1S/C14H21ClN4O/c15-13-7-16-8-14(18-13)17-12-1-4-19(5-2-12)9-11-3-6-20-10-11/h7-8,11-12H,1-6,9-10H2,(H,17,18). The molecule has 1 N–H and O–H groups in total. The molecule has 0 aliphatic carbocycles. The van der Waals surface area contributed by atoms with Gasteiger partial charge in [0, 0.05) is 32.3 Å². The number of rotatable bonds is 4. The molecule has 0 bridgehead atoms. The van der Waals surface area contributed by atoms with E-state index in [9.17, 15) is 0 Å². The van der Waals surface area contributed by atoms with E-state index in [1.54, 1.807) is 12.4 Å². The van der Waals surface area contributed by atoms with Gasteiger partial charge in [0.05, 0.1) is 19.0 Å². The van der Waals surface area contributed by atoms with E-state index in [1.807, 2.05) is 0 Å². The van der Waals surface area contributed by atoms with Crippen LogP contribution in [0.5, 0.6) is 0 Å². The van der Waals surface area contributed by atoms with Crippen LogP contribution in [0.25, 0.3) is 0 Å². The summed E-state index contributed by atoms with van der Waals surface area (Å²) in [7, 11) is 0. The van der Waals surface area contributed by atoms with Crippen molar-refractivity contribution in [1.29, 1.82) is 0 Å². The highest BCUT2D eigenvalue weighted by Crippen LogP contribution is 2.19. The molecule has 3 heterocycles. The first kappa shape index (κ1) is 14.0. The molecule has 3 rings (SSSR count). The van der Waals surface area contributed by atoms with Crippen LogP contribution in [0, 0.1) is 5.92 Å². The number of aromatic nitrogens is 2. The van der Waals surface area contributed by atoms with Gasteiger partial charge in [-0.15, -0.1) is 0 Å². The average Bonchev–Trinajstić information content (AvgIpc) is 2.94. The minimum absolute atomic E-state index is 0.439. The van der Waals surface area contributed by atoms with Crippen LogP contribution in [-0.2, 0) is 4.74 Å². The first-order valence-corrected chi connectivity index (χ1v) is 7.71. The molecule has 0 spiro atoms. The van der Waals surface area contributed by atoms with Crippen LogP contribution in [-0.4, -0.2) is 53.8 Å². The molecule has 6 heteroatoms. The number of hydrogen-bond acceptors (Lipinski definition) is 5. The Morgan fingerprint density at radius 3 is 2.85 bits per heavy atom. The predicted molar refractivity (Wildman–Crippen MR) is 79.1 cm³/mol. The lowest BCUT2D eigenvalue weighted by atomic mass is 10.0. The summed E-state index contributed by atoms with van der Waals surface area (Å²) in [4.78, 5) is 10.8. The van der Waals surface area contributed by atoms with Gasteiger partial charge in [-0.1, -0.05) is 11.6 Å². The zero-order chi connectivity index (χ0) is 13.8. The van der Waals surface area contributed by atoms with Crippen LogP contribution in [0.1, 0.15) is 19.3 Å². The molecule has 1 atom stereocenters. The lowest BCUT2D eigenvalue weighted by Gasteiger charge is -2.33. The highest BCUT2D eigenvalue weighted by molar-refractivity contribution is 6.29. The Morgan fingerprint density at radius 2 is 2.15 bits per heavy atom. The number of likely N-dealkylation sites (tertiary alicyclic amines) is 1. The fraction of sp³-hybridized carbons (Fsp3) is 0.714. The second-order valence-electron chi connectivity index (χ2n) is 5.68. The minimum Gasteiger partial charge on any atom is -0.381 e. The second kappa shape index (κ2) is 6.70. The molecule has 0 aromatic carbocycles. The van der Waals surface area contributed by atoms with E-state index in [0.717, 1.165) is 50.9 Å². The molecule has 1 aromatic heterocycles. The van der Waals surface area contributed by atoms with E-state index in [4.69, 9.17) is 16.3 Å². The fourth-order valence-electron chi connectivity index (χ4n) is 2.97. The quantitative estimate of drug-likeness (QED) is 0.921. The van der Waals surface area contributed by atoms with Crippen molar-refractivity contribution in [3.63, 3.8) is 0 Å². The third-order valence-corrected chi connectivity index (χ3v) is 4.27. The molecule has 110 valence electrons. The van der Waals surface area contributed by atoms with Gasteiger partial charge >= 0.3 is 0 Å². The van der Waals surface area contributed by atoms with Gasteiger partial charge in [-0.2, -0.15) is 0 Å². The van der Waals surface area contributed by atoms with Crippen molar-refractivity contribution in [2.75, 3.05) is 38.2 Å². The van der Waals surface area contributed by atoms with Crippen molar-refractivity contribution in [3.8, 4) is 0 Å². The summed E-state index contributed by atoms with van der Waals surface area (Å²) >= 11 is 5.85. The summed E-state index contributed by atoms with van der Waals surface area (Å²) in [5, 5.41) is 3.87. The number of hydrogen-bond donors (Lipinski definition) is 1. The zero-order valence-electron chi connectivity index (χ0n) is 11.6. The number of ether oxygens (including phenoxy) is 1. The highest BCUT2D eigenvalue weighted by Gasteiger charge is 2.23. The predicted octanol–water partition coefficient (Wildman–Crippen LogP) is 2.04. The molecule has 1 unspecified atom stereocenters. The van der Waals surface area contributed by atoms with Crippen LogP contribution in [0.15, 0.2) is 12.4 Å². The summed E-state index contributed by atoms with van der Waals surface area (Å²) in [5.41, 5.74) is 0. The topological polar surface area (TPSA) is 50.3 Å². The van der Waals surface area contributed by atoms with Crippen LogP contribution in [0.2, 0.25) is 5.15 Å². The Morgan fingerprint density at radius 1 is 1.30 bits per heavy atom. The minimum atomic E-state index is 0.439. The van der Waals surface area contributed by atoms with Gasteiger partial charge < -0.3 is 15.0 Å². The van der Waals surface area contributed by atoms with Crippen LogP contribution in [0.3, 0.4) is 0 Å². The number of anilines is 1. The van der Waals surface area contributed by atoms with Gasteiger partial charge in [0.15, 0.2) is 0 Å². The Hall–Kier alpha value is -0.910. The smallest absolute Gasteiger partial charge is 0.149 e. The zero-order valence-corrected chi connectivity index (χ0v) is 12.4. The number of nitrogens with zero attached hydrogens (tertiary/aromatic N) is 3. The van der Waals surface area contributed by atoms with E-state index in [2.05, 4.69) is 20.2 Å². The van der Waals surface area contributed by atoms with E-state index < -0.39 is 0 Å². The molecular weight excluding hydrogens is 276 g/mol. The van der Waals surface area contributed by atoms with Gasteiger partial charge in [-0.05, 0) is 25.2 Å². The van der Waals surface area contributed by atoms with Crippen molar-refractivity contribution >= 4 is 17.4 Å². The van der Waals surface area contributed by atoms with E-state index in [-0.39, 0.29) is 0 Å². The van der Waals surface area contributed by atoms with E-state index in [1.165, 1.54) is 13.0 Å². The van der Waals surface area contributed by atoms with Gasteiger partial charge in [0.2, 0.25) is 0 Å². The number of piperidine rings is 1. The lowest BCUT2D eigenvalue weighted by Crippen LogP contribution is -2.41. The molecule has 5 nitrogen and oxygen atoms in total. The Balaban J connectivity index is 1.43. The Kier molecular flexibility index (Phi) is 4.70. The van der Waals surface area contributed by atoms with Gasteiger partial charge in [0.25, 0.3) is 0 Å². The average molecular weight is 297 g/mol. The van der Waals surface area contributed by atoms with E-state index in [0.29, 0.717) is 11.2 Å². The van der Waals surface area contributed by atoms with Crippen LogP contribution >= 0.6 is 11.6 Å². The monoisotopic (exact) mass is 296 g/mol.